The van der Waals surface area contributed by atoms with E-state index in [1.165, 1.54) is 6.33 Å². The number of H-pyrrole nitrogens is 1. The van der Waals surface area contributed by atoms with Gasteiger partial charge in [0.25, 0.3) is 0 Å². The fraction of sp³-hybridized carbons (Fsp3) is 0.273. The minimum Gasteiger partial charge on any atom is -0.484 e. The molecule has 3 aromatic heterocycles. The summed E-state index contributed by atoms with van der Waals surface area (Å²) >= 11 is 0. The molecule has 10 heteroatoms. The maximum Gasteiger partial charge on any atom is 0.138 e. The molecule has 0 spiro atoms. The Hall–Kier alpha value is -3.53. The zero-order valence-electron chi connectivity index (χ0n) is 17.6. The van der Waals surface area contributed by atoms with E-state index in [0.717, 1.165) is 39.4 Å². The number of anilines is 1. The van der Waals surface area contributed by atoms with Gasteiger partial charge in [0.15, 0.2) is 0 Å². The highest BCUT2D eigenvalue weighted by Gasteiger charge is 2.20. The molecule has 1 fully saturated rings. The summed E-state index contributed by atoms with van der Waals surface area (Å²) in [6.45, 7) is 3.13. The number of aromatic amines is 1. The van der Waals surface area contributed by atoms with Crippen molar-refractivity contribution in [3.8, 4) is 17.0 Å². The Bertz CT molecular complexity index is 1320. The third-order valence-corrected chi connectivity index (χ3v) is 7.28. The van der Waals surface area contributed by atoms with Crippen molar-refractivity contribution in [3.05, 3.63) is 60.8 Å². The minimum atomic E-state index is -2.42. The molecular weight excluding hydrogens is 426 g/mol. The number of pyridine rings is 1. The van der Waals surface area contributed by atoms with Crippen LogP contribution in [0.25, 0.3) is 22.2 Å². The summed E-state index contributed by atoms with van der Waals surface area (Å²) in [7, 11) is -2.42. The Kier molecular flexibility index (Phi) is 5.22. The van der Waals surface area contributed by atoms with Crippen molar-refractivity contribution in [1.82, 2.24) is 25.1 Å². The number of aromatic nitrogens is 5. The summed E-state index contributed by atoms with van der Waals surface area (Å²) in [4.78, 5) is 14.9. The number of hydrogen-bond acceptors (Lipinski definition) is 8. The SMILES string of the molecule is CC(Oc1ccc2[nH]nc(-c3ccc(N4CCS(=N)(=O)CC4)nc3)c2c1)c1ccncn1. The molecule has 1 aliphatic heterocycles. The summed E-state index contributed by atoms with van der Waals surface area (Å²) in [6.07, 6.45) is 4.80. The zero-order chi connectivity index (χ0) is 22.1. The van der Waals surface area contributed by atoms with Crippen molar-refractivity contribution in [2.24, 2.45) is 0 Å². The van der Waals surface area contributed by atoms with Crippen LogP contribution in [-0.2, 0) is 9.73 Å². The second kappa shape index (κ2) is 8.19. The van der Waals surface area contributed by atoms with Gasteiger partial charge in [-0.1, -0.05) is 0 Å². The smallest absolute Gasteiger partial charge is 0.138 e. The van der Waals surface area contributed by atoms with Gasteiger partial charge in [-0.3, -0.25) is 9.88 Å². The largest absolute Gasteiger partial charge is 0.484 e. The van der Waals surface area contributed by atoms with Crippen molar-refractivity contribution < 1.29 is 8.95 Å². The Morgan fingerprint density at radius 2 is 2.00 bits per heavy atom. The van der Waals surface area contributed by atoms with Crippen LogP contribution in [0.5, 0.6) is 5.75 Å². The van der Waals surface area contributed by atoms with E-state index in [0.29, 0.717) is 24.6 Å². The third-order valence-electron chi connectivity index (χ3n) is 5.60. The molecule has 0 aliphatic carbocycles. The van der Waals surface area contributed by atoms with Crippen molar-refractivity contribution in [3.63, 3.8) is 0 Å². The van der Waals surface area contributed by atoms with Gasteiger partial charge in [0, 0.05) is 57.7 Å². The molecular formula is C22H23N7O2S. The minimum absolute atomic E-state index is 0.213. The van der Waals surface area contributed by atoms with Crippen LogP contribution in [0.15, 0.2) is 55.1 Å². The maximum absolute atomic E-state index is 11.9. The predicted molar refractivity (Wildman–Crippen MR) is 123 cm³/mol. The average Bonchev–Trinajstić information content (AvgIpc) is 3.23. The molecule has 1 aromatic carbocycles. The monoisotopic (exact) mass is 449 g/mol. The van der Waals surface area contributed by atoms with E-state index in [1.54, 1.807) is 12.4 Å². The number of ether oxygens (including phenoxy) is 1. The van der Waals surface area contributed by atoms with Crippen LogP contribution in [-0.4, -0.2) is 54.0 Å². The van der Waals surface area contributed by atoms with Crippen molar-refractivity contribution >= 4 is 26.4 Å². The highest BCUT2D eigenvalue weighted by atomic mass is 32.2. The molecule has 4 aromatic rings. The normalized spacial score (nSPS) is 16.7. The lowest BCUT2D eigenvalue weighted by atomic mass is 10.1. The molecule has 9 nitrogen and oxygen atoms in total. The summed E-state index contributed by atoms with van der Waals surface area (Å²) in [5, 5.41) is 8.50. The zero-order valence-corrected chi connectivity index (χ0v) is 18.4. The van der Waals surface area contributed by atoms with Crippen LogP contribution in [0.1, 0.15) is 18.7 Å². The molecule has 1 saturated heterocycles. The topological polar surface area (TPSA) is 121 Å². The second-order valence-corrected chi connectivity index (χ2v) is 10.2. The lowest BCUT2D eigenvalue weighted by molar-refractivity contribution is 0.222. The molecule has 4 heterocycles. The first-order valence-electron chi connectivity index (χ1n) is 10.3. The summed E-state index contributed by atoms with van der Waals surface area (Å²) in [6, 6.07) is 11.6. The van der Waals surface area contributed by atoms with Crippen LogP contribution in [0.3, 0.4) is 0 Å². The molecule has 0 amide bonds. The van der Waals surface area contributed by atoms with Gasteiger partial charge in [0.1, 0.15) is 29.7 Å². The maximum atomic E-state index is 11.9. The van der Waals surface area contributed by atoms with Crippen LogP contribution < -0.4 is 9.64 Å². The van der Waals surface area contributed by atoms with E-state index in [9.17, 15) is 4.21 Å². The van der Waals surface area contributed by atoms with Gasteiger partial charge in [-0.05, 0) is 43.3 Å². The first-order valence-corrected chi connectivity index (χ1v) is 12.2. The molecule has 0 bridgehead atoms. The van der Waals surface area contributed by atoms with Gasteiger partial charge in [-0.25, -0.2) is 19.2 Å². The Morgan fingerprint density at radius 1 is 1.16 bits per heavy atom. The fourth-order valence-electron chi connectivity index (χ4n) is 3.76. The molecule has 1 unspecified atom stereocenters. The number of benzene rings is 1. The molecule has 32 heavy (non-hydrogen) atoms. The lowest BCUT2D eigenvalue weighted by Gasteiger charge is -2.28. The molecule has 164 valence electrons. The molecule has 0 radical (unpaired) electrons. The number of hydrogen-bond donors (Lipinski definition) is 2. The Balaban J connectivity index is 1.38. The van der Waals surface area contributed by atoms with Crippen LogP contribution in [0.2, 0.25) is 0 Å². The summed E-state index contributed by atoms with van der Waals surface area (Å²) in [5.41, 5.74) is 3.41. The number of fused-ring (bicyclic) bond motifs is 1. The lowest BCUT2D eigenvalue weighted by Crippen LogP contribution is -2.40. The van der Waals surface area contributed by atoms with Gasteiger partial charge in [-0.2, -0.15) is 5.10 Å². The second-order valence-electron chi connectivity index (χ2n) is 7.79. The van der Waals surface area contributed by atoms with E-state index < -0.39 is 9.73 Å². The molecule has 0 saturated carbocycles. The van der Waals surface area contributed by atoms with Gasteiger partial charge in [0.2, 0.25) is 0 Å². The average molecular weight is 450 g/mol. The predicted octanol–water partition coefficient (Wildman–Crippen LogP) is 3.42. The summed E-state index contributed by atoms with van der Waals surface area (Å²) in [5.74, 6) is 2.32. The molecule has 2 N–H and O–H groups in total. The highest BCUT2D eigenvalue weighted by molar-refractivity contribution is 7.92. The van der Waals surface area contributed by atoms with E-state index in [1.807, 2.05) is 43.3 Å². The first kappa shape index (κ1) is 20.4. The van der Waals surface area contributed by atoms with Crippen molar-refractivity contribution in [1.29, 1.82) is 4.78 Å². The molecule has 1 atom stereocenters. The van der Waals surface area contributed by atoms with Gasteiger partial charge in [0.05, 0.1) is 11.2 Å². The molecule has 1 aliphatic rings. The number of nitrogens with one attached hydrogen (secondary N) is 2. The van der Waals surface area contributed by atoms with E-state index >= 15 is 0 Å². The third kappa shape index (κ3) is 4.13. The van der Waals surface area contributed by atoms with Crippen molar-refractivity contribution in [2.75, 3.05) is 29.5 Å². The van der Waals surface area contributed by atoms with Crippen LogP contribution in [0, 0.1) is 4.78 Å². The Labute approximate surface area is 185 Å². The Morgan fingerprint density at radius 3 is 2.72 bits per heavy atom. The summed E-state index contributed by atoms with van der Waals surface area (Å²) < 4.78 is 25.7. The van der Waals surface area contributed by atoms with Gasteiger partial charge < -0.3 is 9.64 Å². The standard InChI is InChI=1S/C22H23N7O2S/c1-15(19-6-7-24-14-26-19)31-17-3-4-20-18(12-17)22(28-27-20)16-2-5-21(25-13-16)29-8-10-32(23,30)11-9-29/h2-7,12-15,23H,8-11H2,1H3,(H,27,28). The number of rotatable bonds is 5. The van der Waals surface area contributed by atoms with Crippen LogP contribution in [0.4, 0.5) is 5.82 Å². The van der Waals surface area contributed by atoms with Gasteiger partial charge >= 0.3 is 0 Å². The van der Waals surface area contributed by atoms with E-state index in [4.69, 9.17) is 9.52 Å². The molecule has 5 rings (SSSR count). The number of nitrogens with zero attached hydrogens (tertiary/aromatic N) is 5. The first-order chi connectivity index (χ1) is 15.5. The van der Waals surface area contributed by atoms with Crippen molar-refractivity contribution in [2.45, 2.75) is 13.0 Å². The van der Waals surface area contributed by atoms with E-state index in [2.05, 4.69) is 30.0 Å². The van der Waals surface area contributed by atoms with Crippen LogP contribution >= 0.6 is 0 Å². The van der Waals surface area contributed by atoms with E-state index in [-0.39, 0.29) is 6.10 Å². The highest BCUT2D eigenvalue weighted by Crippen LogP contribution is 2.31. The fourth-order valence-corrected chi connectivity index (χ4v) is 5.00. The quantitative estimate of drug-likeness (QED) is 0.479. The van der Waals surface area contributed by atoms with Gasteiger partial charge in [-0.15, -0.1) is 0 Å².